The third-order valence-electron chi connectivity index (χ3n) is 3.22. The molecule has 0 atom stereocenters. The highest BCUT2D eigenvalue weighted by molar-refractivity contribution is 5.91. The number of amides is 1. The first-order valence-corrected chi connectivity index (χ1v) is 6.17. The SMILES string of the molecule is CCNCC1CCN(C(=O)c2cn[nH]n2)CC1. The molecule has 0 unspecified atom stereocenters. The predicted octanol–water partition coefficient (Wildman–Crippen LogP) is 0.266. The molecule has 1 aliphatic rings. The van der Waals surface area contributed by atoms with Gasteiger partial charge in [-0.05, 0) is 31.8 Å². The quantitative estimate of drug-likeness (QED) is 0.788. The first kappa shape index (κ1) is 12.0. The summed E-state index contributed by atoms with van der Waals surface area (Å²) in [4.78, 5) is 13.8. The van der Waals surface area contributed by atoms with E-state index >= 15 is 0 Å². The van der Waals surface area contributed by atoms with E-state index in [1.807, 2.05) is 4.90 Å². The Morgan fingerprint density at radius 3 is 2.94 bits per heavy atom. The van der Waals surface area contributed by atoms with Gasteiger partial charge in [-0.15, -0.1) is 0 Å². The topological polar surface area (TPSA) is 73.9 Å². The molecule has 0 saturated carbocycles. The van der Waals surface area contributed by atoms with Crippen molar-refractivity contribution in [2.75, 3.05) is 26.2 Å². The molecule has 0 bridgehead atoms. The molecule has 1 aliphatic heterocycles. The molecule has 0 radical (unpaired) electrons. The summed E-state index contributed by atoms with van der Waals surface area (Å²) in [5, 5.41) is 13.3. The number of piperidine rings is 1. The number of aromatic amines is 1. The van der Waals surface area contributed by atoms with Crippen molar-refractivity contribution < 1.29 is 4.79 Å². The van der Waals surface area contributed by atoms with Crippen LogP contribution in [0.15, 0.2) is 6.20 Å². The Balaban J connectivity index is 1.81. The van der Waals surface area contributed by atoms with E-state index in [0.29, 0.717) is 11.6 Å². The normalized spacial score (nSPS) is 17.4. The lowest BCUT2D eigenvalue weighted by Crippen LogP contribution is -2.40. The number of aromatic nitrogens is 3. The summed E-state index contributed by atoms with van der Waals surface area (Å²) in [5.74, 6) is 0.678. The van der Waals surface area contributed by atoms with E-state index < -0.39 is 0 Å². The van der Waals surface area contributed by atoms with Crippen LogP contribution in [-0.4, -0.2) is 52.4 Å². The molecule has 1 aromatic rings. The van der Waals surface area contributed by atoms with Crippen LogP contribution in [-0.2, 0) is 0 Å². The fourth-order valence-corrected chi connectivity index (χ4v) is 2.16. The zero-order valence-corrected chi connectivity index (χ0v) is 10.1. The van der Waals surface area contributed by atoms with Crippen molar-refractivity contribution in [1.29, 1.82) is 0 Å². The standard InChI is InChI=1S/C11H19N5O/c1-2-12-7-9-3-5-16(6-4-9)11(17)10-8-13-15-14-10/h8-9,12H,2-7H2,1H3,(H,13,14,15). The molecule has 2 N–H and O–H groups in total. The lowest BCUT2D eigenvalue weighted by atomic mass is 9.96. The minimum atomic E-state index is -0.0133. The van der Waals surface area contributed by atoms with E-state index in [1.54, 1.807) is 0 Å². The van der Waals surface area contributed by atoms with Gasteiger partial charge in [0.1, 0.15) is 0 Å². The lowest BCUT2D eigenvalue weighted by Gasteiger charge is -2.31. The van der Waals surface area contributed by atoms with E-state index in [4.69, 9.17) is 0 Å². The Hall–Kier alpha value is -1.43. The van der Waals surface area contributed by atoms with E-state index in [1.165, 1.54) is 6.20 Å². The summed E-state index contributed by atoms with van der Waals surface area (Å²) in [7, 11) is 0. The Morgan fingerprint density at radius 1 is 1.59 bits per heavy atom. The molecule has 1 aromatic heterocycles. The van der Waals surface area contributed by atoms with Gasteiger partial charge >= 0.3 is 0 Å². The molecule has 6 heteroatoms. The second-order valence-electron chi connectivity index (χ2n) is 4.40. The molecular formula is C11H19N5O. The van der Waals surface area contributed by atoms with Gasteiger partial charge in [0.2, 0.25) is 0 Å². The molecule has 2 heterocycles. The highest BCUT2D eigenvalue weighted by Crippen LogP contribution is 2.17. The number of carbonyl (C=O) groups excluding carboxylic acids is 1. The number of rotatable bonds is 4. The van der Waals surface area contributed by atoms with Crippen molar-refractivity contribution in [2.24, 2.45) is 5.92 Å². The summed E-state index contributed by atoms with van der Waals surface area (Å²) in [5.41, 5.74) is 0.412. The third-order valence-corrected chi connectivity index (χ3v) is 3.22. The van der Waals surface area contributed by atoms with Gasteiger partial charge in [-0.3, -0.25) is 4.79 Å². The predicted molar refractivity (Wildman–Crippen MR) is 63.6 cm³/mol. The highest BCUT2D eigenvalue weighted by Gasteiger charge is 2.24. The molecule has 17 heavy (non-hydrogen) atoms. The molecule has 0 aliphatic carbocycles. The largest absolute Gasteiger partial charge is 0.337 e. The van der Waals surface area contributed by atoms with Crippen molar-refractivity contribution in [2.45, 2.75) is 19.8 Å². The number of hydrogen-bond donors (Lipinski definition) is 2. The summed E-state index contributed by atoms with van der Waals surface area (Å²) < 4.78 is 0. The van der Waals surface area contributed by atoms with Crippen LogP contribution in [0.5, 0.6) is 0 Å². The number of nitrogens with zero attached hydrogens (tertiary/aromatic N) is 3. The Morgan fingerprint density at radius 2 is 2.35 bits per heavy atom. The average Bonchev–Trinajstić information content (AvgIpc) is 2.90. The monoisotopic (exact) mass is 237 g/mol. The maximum atomic E-state index is 12.0. The number of H-pyrrole nitrogens is 1. The molecule has 1 saturated heterocycles. The number of nitrogens with one attached hydrogen (secondary N) is 2. The minimum Gasteiger partial charge on any atom is -0.337 e. The summed E-state index contributed by atoms with van der Waals surface area (Å²) in [6.45, 7) is 5.83. The first-order chi connectivity index (χ1) is 8.31. The molecule has 0 spiro atoms. The highest BCUT2D eigenvalue weighted by atomic mass is 16.2. The van der Waals surface area contributed by atoms with E-state index in [0.717, 1.165) is 39.0 Å². The van der Waals surface area contributed by atoms with Gasteiger partial charge in [-0.2, -0.15) is 15.4 Å². The van der Waals surface area contributed by atoms with Crippen LogP contribution < -0.4 is 5.32 Å². The van der Waals surface area contributed by atoms with Crippen LogP contribution in [0.25, 0.3) is 0 Å². The molecule has 2 rings (SSSR count). The fraction of sp³-hybridized carbons (Fsp3) is 0.727. The smallest absolute Gasteiger partial charge is 0.276 e. The molecular weight excluding hydrogens is 218 g/mol. The van der Waals surface area contributed by atoms with Gasteiger partial charge in [0.15, 0.2) is 5.69 Å². The zero-order valence-electron chi connectivity index (χ0n) is 10.1. The second-order valence-corrected chi connectivity index (χ2v) is 4.40. The van der Waals surface area contributed by atoms with Crippen LogP contribution >= 0.6 is 0 Å². The summed E-state index contributed by atoms with van der Waals surface area (Å²) >= 11 is 0. The van der Waals surface area contributed by atoms with E-state index in [2.05, 4.69) is 27.7 Å². The summed E-state index contributed by atoms with van der Waals surface area (Å²) in [6, 6.07) is 0. The lowest BCUT2D eigenvalue weighted by molar-refractivity contribution is 0.0684. The molecule has 94 valence electrons. The second kappa shape index (κ2) is 5.77. The maximum Gasteiger partial charge on any atom is 0.276 e. The van der Waals surface area contributed by atoms with Crippen LogP contribution in [0.1, 0.15) is 30.3 Å². The van der Waals surface area contributed by atoms with Crippen molar-refractivity contribution in [3.63, 3.8) is 0 Å². The van der Waals surface area contributed by atoms with E-state index in [-0.39, 0.29) is 5.91 Å². The number of carbonyl (C=O) groups is 1. The van der Waals surface area contributed by atoms with Crippen LogP contribution in [0.2, 0.25) is 0 Å². The van der Waals surface area contributed by atoms with Crippen molar-refractivity contribution in [1.82, 2.24) is 25.6 Å². The Bertz CT molecular complexity index is 343. The average molecular weight is 237 g/mol. The minimum absolute atomic E-state index is 0.0133. The molecule has 0 aromatic carbocycles. The molecule has 1 fully saturated rings. The summed E-state index contributed by atoms with van der Waals surface area (Å²) in [6.07, 6.45) is 3.61. The third kappa shape index (κ3) is 3.03. The van der Waals surface area contributed by atoms with Gasteiger partial charge in [-0.1, -0.05) is 6.92 Å². The first-order valence-electron chi connectivity index (χ1n) is 6.17. The van der Waals surface area contributed by atoms with Crippen molar-refractivity contribution in [3.05, 3.63) is 11.9 Å². The van der Waals surface area contributed by atoms with Gasteiger partial charge in [-0.25, -0.2) is 0 Å². The van der Waals surface area contributed by atoms with Crippen molar-refractivity contribution in [3.8, 4) is 0 Å². The Labute approximate surface area is 101 Å². The van der Waals surface area contributed by atoms with Crippen molar-refractivity contribution >= 4 is 5.91 Å². The van der Waals surface area contributed by atoms with Gasteiger partial charge < -0.3 is 10.2 Å². The van der Waals surface area contributed by atoms with Crippen LogP contribution in [0, 0.1) is 5.92 Å². The van der Waals surface area contributed by atoms with Crippen LogP contribution in [0.4, 0.5) is 0 Å². The zero-order chi connectivity index (χ0) is 12.1. The maximum absolute atomic E-state index is 12.0. The van der Waals surface area contributed by atoms with Gasteiger partial charge in [0.25, 0.3) is 5.91 Å². The Kier molecular flexibility index (Phi) is 4.08. The van der Waals surface area contributed by atoms with Gasteiger partial charge in [0.05, 0.1) is 6.20 Å². The fourth-order valence-electron chi connectivity index (χ4n) is 2.16. The van der Waals surface area contributed by atoms with Gasteiger partial charge in [0, 0.05) is 13.1 Å². The molecule has 6 nitrogen and oxygen atoms in total. The number of hydrogen-bond acceptors (Lipinski definition) is 4. The van der Waals surface area contributed by atoms with E-state index in [9.17, 15) is 4.79 Å². The number of likely N-dealkylation sites (tertiary alicyclic amines) is 1. The molecule has 1 amide bonds. The van der Waals surface area contributed by atoms with Crippen LogP contribution in [0.3, 0.4) is 0 Å².